The number of fused-ring (bicyclic) bond motifs is 1. The van der Waals surface area contributed by atoms with Crippen LogP contribution in [0.4, 0.5) is 5.69 Å². The number of aryl methyl sites for hydroxylation is 1. The van der Waals surface area contributed by atoms with E-state index in [1.807, 2.05) is 25.3 Å². The Morgan fingerprint density at radius 1 is 1.21 bits per heavy atom. The van der Waals surface area contributed by atoms with Crippen LogP contribution in [-0.4, -0.2) is 14.5 Å². The van der Waals surface area contributed by atoms with Crippen LogP contribution in [0.5, 0.6) is 0 Å². The lowest BCUT2D eigenvalue weighted by atomic mass is 10.2. The molecule has 0 saturated carbocycles. The van der Waals surface area contributed by atoms with Gasteiger partial charge < -0.3 is 0 Å². The van der Waals surface area contributed by atoms with Crippen molar-refractivity contribution in [3.63, 3.8) is 0 Å². The molecule has 2 heterocycles. The van der Waals surface area contributed by atoms with Crippen molar-refractivity contribution in [1.29, 1.82) is 0 Å². The summed E-state index contributed by atoms with van der Waals surface area (Å²) in [4.78, 5) is 15.0. The average Bonchev–Trinajstić information content (AvgIpc) is 2.84. The van der Waals surface area contributed by atoms with Gasteiger partial charge in [0.25, 0.3) is 5.69 Å². The molecule has 0 aliphatic rings. The highest BCUT2D eigenvalue weighted by molar-refractivity contribution is 5.82. The third-order valence-corrected chi connectivity index (χ3v) is 3.14. The maximum Gasteiger partial charge on any atom is 0.293 e. The Balaban J connectivity index is 2.32. The molecule has 3 rings (SSSR count). The van der Waals surface area contributed by atoms with Crippen molar-refractivity contribution in [3.8, 4) is 5.69 Å². The van der Waals surface area contributed by atoms with Crippen LogP contribution < -0.4 is 0 Å². The van der Waals surface area contributed by atoms with Crippen LogP contribution in [0.25, 0.3) is 16.7 Å². The molecule has 19 heavy (non-hydrogen) atoms. The van der Waals surface area contributed by atoms with Gasteiger partial charge in [0.2, 0.25) is 0 Å². The van der Waals surface area contributed by atoms with Crippen molar-refractivity contribution < 1.29 is 4.92 Å². The maximum absolute atomic E-state index is 11.1. The van der Waals surface area contributed by atoms with Crippen molar-refractivity contribution in [1.82, 2.24) is 9.55 Å². The fourth-order valence-corrected chi connectivity index (χ4v) is 2.19. The summed E-state index contributed by atoms with van der Waals surface area (Å²) in [7, 11) is 0. The molecule has 0 aliphatic carbocycles. The lowest BCUT2D eigenvalue weighted by molar-refractivity contribution is -0.384. The first-order valence-corrected chi connectivity index (χ1v) is 5.85. The topological polar surface area (TPSA) is 61.0 Å². The van der Waals surface area contributed by atoms with E-state index in [2.05, 4.69) is 4.98 Å². The molecule has 0 atom stereocenters. The summed E-state index contributed by atoms with van der Waals surface area (Å²) in [5.41, 5.74) is 2.43. The van der Waals surface area contributed by atoms with Gasteiger partial charge in [0.15, 0.2) is 0 Å². The van der Waals surface area contributed by atoms with E-state index < -0.39 is 0 Å². The first-order valence-electron chi connectivity index (χ1n) is 5.85. The van der Waals surface area contributed by atoms with Gasteiger partial charge in [0.05, 0.1) is 4.92 Å². The van der Waals surface area contributed by atoms with Crippen molar-refractivity contribution in [2.75, 3.05) is 0 Å². The van der Waals surface area contributed by atoms with E-state index in [0.29, 0.717) is 5.69 Å². The summed E-state index contributed by atoms with van der Waals surface area (Å²) in [6.45, 7) is 1.99. The Bertz CT molecular complexity index is 777. The number of rotatable bonds is 2. The molecule has 0 unspecified atom stereocenters. The molecule has 0 aliphatic heterocycles. The predicted octanol–water partition coefficient (Wildman–Crippen LogP) is 3.24. The van der Waals surface area contributed by atoms with Crippen molar-refractivity contribution in [3.05, 3.63) is 64.5 Å². The summed E-state index contributed by atoms with van der Waals surface area (Å²) in [6, 6.07) is 10.5. The van der Waals surface area contributed by atoms with Gasteiger partial charge in [0, 0.05) is 23.8 Å². The van der Waals surface area contributed by atoms with Gasteiger partial charge in [-0.3, -0.25) is 14.7 Å². The number of aromatic nitrogens is 2. The molecule has 0 spiro atoms. The molecular weight excluding hydrogens is 242 g/mol. The molecule has 0 N–H and O–H groups in total. The summed E-state index contributed by atoms with van der Waals surface area (Å²) in [6.07, 6.45) is 3.52. The Labute approximate surface area is 109 Å². The molecule has 94 valence electrons. The molecule has 5 heteroatoms. The van der Waals surface area contributed by atoms with E-state index in [-0.39, 0.29) is 10.6 Å². The van der Waals surface area contributed by atoms with E-state index in [4.69, 9.17) is 0 Å². The Morgan fingerprint density at radius 3 is 2.79 bits per heavy atom. The first kappa shape index (κ1) is 11.4. The Kier molecular flexibility index (Phi) is 2.52. The number of pyridine rings is 1. The van der Waals surface area contributed by atoms with Crippen LogP contribution in [0.15, 0.2) is 48.8 Å². The van der Waals surface area contributed by atoms with Gasteiger partial charge in [-0.15, -0.1) is 0 Å². The second-order valence-corrected chi connectivity index (χ2v) is 4.30. The van der Waals surface area contributed by atoms with E-state index in [1.165, 1.54) is 6.07 Å². The van der Waals surface area contributed by atoms with Crippen molar-refractivity contribution in [2.45, 2.75) is 6.92 Å². The highest BCUT2D eigenvalue weighted by Crippen LogP contribution is 2.27. The number of nitrogens with zero attached hydrogens (tertiary/aromatic N) is 3. The molecule has 1 aromatic carbocycles. The lowest BCUT2D eigenvalue weighted by Crippen LogP contribution is -1.99. The van der Waals surface area contributed by atoms with E-state index in [0.717, 1.165) is 16.6 Å². The molecule has 0 fully saturated rings. The first-order chi connectivity index (χ1) is 9.18. The standard InChI is InChI=1S/C14H11N3O2/c1-10-6-8-15-14-11(10)7-9-16(14)12-4-2-3-5-13(12)17(18)19/h2-9H,1H3. The number of nitro benzene ring substituents is 1. The molecule has 0 amide bonds. The maximum atomic E-state index is 11.1. The summed E-state index contributed by atoms with van der Waals surface area (Å²) in [5.74, 6) is 0. The van der Waals surface area contributed by atoms with Crippen LogP contribution in [0, 0.1) is 17.0 Å². The highest BCUT2D eigenvalue weighted by atomic mass is 16.6. The Hall–Kier alpha value is -2.69. The van der Waals surface area contributed by atoms with Crippen molar-refractivity contribution >= 4 is 16.7 Å². The minimum absolute atomic E-state index is 0.0725. The fourth-order valence-electron chi connectivity index (χ4n) is 2.19. The quantitative estimate of drug-likeness (QED) is 0.520. The largest absolute Gasteiger partial charge is 0.295 e. The highest BCUT2D eigenvalue weighted by Gasteiger charge is 2.16. The third kappa shape index (κ3) is 1.76. The molecule has 3 aromatic rings. The van der Waals surface area contributed by atoms with Gasteiger partial charge in [0.1, 0.15) is 11.3 Å². The molecule has 5 nitrogen and oxygen atoms in total. The zero-order valence-electron chi connectivity index (χ0n) is 10.3. The average molecular weight is 253 g/mol. The summed E-state index contributed by atoms with van der Waals surface area (Å²) >= 11 is 0. The zero-order chi connectivity index (χ0) is 13.4. The van der Waals surface area contributed by atoms with E-state index >= 15 is 0 Å². The lowest BCUT2D eigenvalue weighted by Gasteiger charge is -2.05. The van der Waals surface area contributed by atoms with Crippen molar-refractivity contribution in [2.24, 2.45) is 0 Å². The van der Waals surface area contributed by atoms with Gasteiger partial charge >= 0.3 is 0 Å². The minimum Gasteiger partial charge on any atom is -0.295 e. The van der Waals surface area contributed by atoms with E-state index in [9.17, 15) is 10.1 Å². The third-order valence-electron chi connectivity index (χ3n) is 3.14. The number of benzene rings is 1. The van der Waals surface area contributed by atoms with Gasteiger partial charge in [-0.1, -0.05) is 12.1 Å². The SMILES string of the molecule is Cc1ccnc2c1ccn2-c1ccccc1[N+](=O)[O-]. The molecule has 0 radical (unpaired) electrons. The molecular formula is C14H11N3O2. The van der Waals surface area contributed by atoms with Crippen LogP contribution >= 0.6 is 0 Å². The predicted molar refractivity (Wildman–Crippen MR) is 72.5 cm³/mol. The van der Waals surface area contributed by atoms with Crippen LogP contribution in [0.1, 0.15) is 5.56 Å². The second kappa shape index (κ2) is 4.20. The van der Waals surface area contributed by atoms with Gasteiger partial charge in [-0.2, -0.15) is 0 Å². The number of para-hydroxylation sites is 2. The number of hydrogen-bond acceptors (Lipinski definition) is 3. The molecule has 2 aromatic heterocycles. The van der Waals surface area contributed by atoms with Crippen LogP contribution in [-0.2, 0) is 0 Å². The zero-order valence-corrected chi connectivity index (χ0v) is 10.3. The molecule has 0 saturated heterocycles. The number of hydrogen-bond donors (Lipinski definition) is 0. The minimum atomic E-state index is -0.378. The second-order valence-electron chi connectivity index (χ2n) is 4.30. The van der Waals surface area contributed by atoms with Gasteiger partial charge in [-0.25, -0.2) is 4.98 Å². The summed E-state index contributed by atoms with van der Waals surface area (Å²) < 4.78 is 1.75. The smallest absolute Gasteiger partial charge is 0.293 e. The van der Waals surface area contributed by atoms with Crippen LogP contribution in [0.3, 0.4) is 0 Å². The van der Waals surface area contributed by atoms with Crippen LogP contribution in [0.2, 0.25) is 0 Å². The summed E-state index contributed by atoms with van der Waals surface area (Å²) in [5, 5.41) is 12.1. The number of nitro groups is 1. The van der Waals surface area contributed by atoms with E-state index in [1.54, 1.807) is 29.0 Å². The fraction of sp³-hybridized carbons (Fsp3) is 0.0714. The molecule has 0 bridgehead atoms. The normalized spacial score (nSPS) is 10.8. The monoisotopic (exact) mass is 253 g/mol. The van der Waals surface area contributed by atoms with Gasteiger partial charge in [-0.05, 0) is 30.7 Å². The Morgan fingerprint density at radius 2 is 2.00 bits per heavy atom.